The van der Waals surface area contributed by atoms with Crippen molar-refractivity contribution in [3.63, 3.8) is 0 Å². The summed E-state index contributed by atoms with van der Waals surface area (Å²) in [4.78, 5) is 23.8. The van der Waals surface area contributed by atoms with Crippen LogP contribution in [0.4, 0.5) is 0 Å². The zero-order valence-corrected chi connectivity index (χ0v) is 16.3. The van der Waals surface area contributed by atoms with Crippen LogP contribution in [0.25, 0.3) is 5.69 Å². The molecule has 0 radical (unpaired) electrons. The number of allylic oxidation sites excluding steroid dienone is 1. The smallest absolute Gasteiger partial charge is 0.224 e. The first kappa shape index (κ1) is 20.6. The molecular weight excluding hydrogens is 336 g/mol. The SMILES string of the molecule is CCC/C(C)=C\CC(=O)NCC(=O)CCc1ccc(-[n+]2ccccc2)cc1. The molecule has 0 saturated heterocycles. The Morgan fingerprint density at radius 2 is 1.74 bits per heavy atom. The van der Waals surface area contributed by atoms with Crippen LogP contribution in [-0.2, 0) is 16.0 Å². The number of benzene rings is 1. The van der Waals surface area contributed by atoms with E-state index in [1.807, 2.05) is 72.4 Å². The summed E-state index contributed by atoms with van der Waals surface area (Å²) >= 11 is 0. The van der Waals surface area contributed by atoms with Gasteiger partial charge in [0.25, 0.3) is 0 Å². The Hall–Kier alpha value is -2.75. The average molecular weight is 365 g/mol. The van der Waals surface area contributed by atoms with Gasteiger partial charge in [0.2, 0.25) is 11.6 Å². The van der Waals surface area contributed by atoms with Crippen LogP contribution in [0.1, 0.15) is 45.1 Å². The second kappa shape index (κ2) is 11.1. The highest BCUT2D eigenvalue weighted by Gasteiger charge is 2.07. The zero-order chi connectivity index (χ0) is 19.5. The molecule has 1 aromatic carbocycles. The zero-order valence-electron chi connectivity index (χ0n) is 16.3. The minimum Gasteiger partial charge on any atom is -0.349 e. The van der Waals surface area contributed by atoms with Crippen LogP contribution < -0.4 is 9.88 Å². The van der Waals surface area contributed by atoms with Crippen molar-refractivity contribution in [3.8, 4) is 5.69 Å². The molecule has 0 unspecified atom stereocenters. The summed E-state index contributed by atoms with van der Waals surface area (Å²) in [6.07, 6.45) is 9.49. The third-order valence-corrected chi connectivity index (χ3v) is 4.41. The van der Waals surface area contributed by atoms with E-state index in [1.54, 1.807) is 0 Å². The second-order valence-electron chi connectivity index (χ2n) is 6.77. The number of amides is 1. The monoisotopic (exact) mass is 365 g/mol. The van der Waals surface area contributed by atoms with E-state index in [4.69, 9.17) is 0 Å². The molecule has 4 nitrogen and oxygen atoms in total. The van der Waals surface area contributed by atoms with Gasteiger partial charge in [0.05, 0.1) is 6.54 Å². The number of carbonyl (C=O) groups is 2. The summed E-state index contributed by atoms with van der Waals surface area (Å²) in [6.45, 7) is 4.26. The maximum atomic E-state index is 12.0. The molecule has 27 heavy (non-hydrogen) atoms. The fraction of sp³-hybridized carbons (Fsp3) is 0.348. The summed E-state index contributed by atoms with van der Waals surface area (Å²) in [7, 11) is 0. The molecule has 4 heteroatoms. The Bertz CT molecular complexity index is 765. The van der Waals surface area contributed by atoms with Crippen molar-refractivity contribution in [3.05, 3.63) is 72.1 Å². The van der Waals surface area contributed by atoms with Crippen LogP contribution in [0.3, 0.4) is 0 Å². The molecule has 0 spiro atoms. The minimum absolute atomic E-state index is 0.0547. The van der Waals surface area contributed by atoms with Crippen LogP contribution >= 0.6 is 0 Å². The fourth-order valence-corrected chi connectivity index (χ4v) is 2.81. The molecule has 2 aromatic rings. The van der Waals surface area contributed by atoms with Crippen molar-refractivity contribution in [1.29, 1.82) is 0 Å². The van der Waals surface area contributed by atoms with E-state index in [0.29, 0.717) is 19.3 Å². The van der Waals surface area contributed by atoms with Gasteiger partial charge in [0.15, 0.2) is 18.2 Å². The minimum atomic E-state index is -0.0944. The van der Waals surface area contributed by atoms with E-state index < -0.39 is 0 Å². The molecule has 0 aliphatic rings. The van der Waals surface area contributed by atoms with Crippen molar-refractivity contribution < 1.29 is 14.2 Å². The molecule has 1 aromatic heterocycles. The summed E-state index contributed by atoms with van der Waals surface area (Å²) in [5.74, 6) is -0.0397. The summed E-state index contributed by atoms with van der Waals surface area (Å²) in [5, 5.41) is 2.71. The van der Waals surface area contributed by atoms with Gasteiger partial charge < -0.3 is 5.32 Å². The first-order chi connectivity index (χ1) is 13.1. The van der Waals surface area contributed by atoms with Gasteiger partial charge in [-0.15, -0.1) is 0 Å². The molecule has 0 aliphatic heterocycles. The van der Waals surface area contributed by atoms with E-state index in [1.165, 1.54) is 5.57 Å². The molecule has 0 saturated carbocycles. The normalized spacial score (nSPS) is 11.3. The van der Waals surface area contributed by atoms with E-state index in [-0.39, 0.29) is 18.2 Å². The lowest BCUT2D eigenvalue weighted by Gasteiger charge is -2.05. The predicted molar refractivity (Wildman–Crippen MR) is 108 cm³/mol. The number of pyridine rings is 1. The first-order valence-electron chi connectivity index (χ1n) is 9.58. The Kier molecular flexibility index (Phi) is 8.43. The van der Waals surface area contributed by atoms with Gasteiger partial charge in [0, 0.05) is 37.1 Å². The second-order valence-corrected chi connectivity index (χ2v) is 6.77. The van der Waals surface area contributed by atoms with E-state index in [9.17, 15) is 9.59 Å². The van der Waals surface area contributed by atoms with Gasteiger partial charge in [0.1, 0.15) is 0 Å². The van der Waals surface area contributed by atoms with Gasteiger partial charge in [-0.25, -0.2) is 0 Å². The van der Waals surface area contributed by atoms with E-state index >= 15 is 0 Å². The quantitative estimate of drug-likeness (QED) is 0.515. The molecule has 0 fully saturated rings. The van der Waals surface area contributed by atoms with Crippen LogP contribution in [0.15, 0.2) is 66.5 Å². The number of hydrogen-bond donors (Lipinski definition) is 1. The Labute approximate surface area is 161 Å². The summed E-state index contributed by atoms with van der Waals surface area (Å²) in [6, 6.07) is 14.1. The molecule has 1 amide bonds. The van der Waals surface area contributed by atoms with Crippen molar-refractivity contribution in [1.82, 2.24) is 5.32 Å². The number of aryl methyl sites for hydroxylation is 1. The molecule has 0 aliphatic carbocycles. The van der Waals surface area contributed by atoms with Gasteiger partial charge in [-0.1, -0.05) is 43.2 Å². The topological polar surface area (TPSA) is 50.1 Å². The van der Waals surface area contributed by atoms with E-state index in [2.05, 4.69) is 12.2 Å². The molecule has 1 N–H and O–H groups in total. The maximum absolute atomic E-state index is 12.0. The van der Waals surface area contributed by atoms with Crippen LogP contribution in [0, 0.1) is 0 Å². The van der Waals surface area contributed by atoms with Gasteiger partial charge >= 0.3 is 0 Å². The Balaban J connectivity index is 1.72. The van der Waals surface area contributed by atoms with Crippen LogP contribution in [0.2, 0.25) is 0 Å². The predicted octanol–water partition coefficient (Wildman–Crippen LogP) is 3.72. The highest BCUT2D eigenvalue weighted by Crippen LogP contribution is 2.07. The number of hydrogen-bond acceptors (Lipinski definition) is 2. The molecule has 0 bridgehead atoms. The average Bonchev–Trinajstić information content (AvgIpc) is 2.70. The molecule has 0 atom stereocenters. The first-order valence-corrected chi connectivity index (χ1v) is 9.58. The molecule has 2 rings (SSSR count). The van der Waals surface area contributed by atoms with Crippen molar-refractivity contribution >= 4 is 11.7 Å². The van der Waals surface area contributed by atoms with Crippen LogP contribution in [0.5, 0.6) is 0 Å². The number of nitrogens with one attached hydrogen (secondary N) is 1. The number of nitrogens with zero attached hydrogens (tertiary/aromatic N) is 1. The third-order valence-electron chi connectivity index (χ3n) is 4.41. The van der Waals surface area contributed by atoms with Gasteiger partial charge in [-0.05, 0) is 25.3 Å². The third kappa shape index (κ3) is 7.57. The fourth-order valence-electron chi connectivity index (χ4n) is 2.81. The number of carbonyl (C=O) groups excluding carboxylic acids is 2. The standard InChI is InChI=1S/C23H28N2O2/c1-3-7-19(2)8-15-23(27)24-18-22(26)14-11-20-9-12-21(13-10-20)25-16-5-4-6-17-25/h4-6,8-10,12-13,16-17H,3,7,11,14-15,18H2,1-2H3/p+1/b19-8-. The molecule has 1 heterocycles. The lowest BCUT2D eigenvalue weighted by Crippen LogP contribution is -2.29. The lowest BCUT2D eigenvalue weighted by atomic mass is 10.1. The van der Waals surface area contributed by atoms with Crippen molar-refractivity contribution in [2.75, 3.05) is 6.54 Å². The van der Waals surface area contributed by atoms with Gasteiger partial charge in [-0.2, -0.15) is 4.57 Å². The lowest BCUT2D eigenvalue weighted by molar-refractivity contribution is -0.595. The number of aromatic nitrogens is 1. The Morgan fingerprint density at radius 3 is 2.41 bits per heavy atom. The van der Waals surface area contributed by atoms with Crippen LogP contribution in [-0.4, -0.2) is 18.2 Å². The molecule has 142 valence electrons. The van der Waals surface area contributed by atoms with Crippen molar-refractivity contribution in [2.24, 2.45) is 0 Å². The number of ketones is 1. The van der Waals surface area contributed by atoms with E-state index in [0.717, 1.165) is 24.1 Å². The molecular formula is C23H29N2O2+. The highest BCUT2D eigenvalue weighted by molar-refractivity contribution is 5.86. The maximum Gasteiger partial charge on any atom is 0.224 e. The summed E-state index contributed by atoms with van der Waals surface area (Å²) in [5.41, 5.74) is 3.42. The summed E-state index contributed by atoms with van der Waals surface area (Å²) < 4.78 is 2.04. The van der Waals surface area contributed by atoms with Crippen molar-refractivity contribution in [2.45, 2.75) is 46.0 Å². The van der Waals surface area contributed by atoms with Gasteiger partial charge in [-0.3, -0.25) is 9.59 Å². The number of rotatable bonds is 10. The largest absolute Gasteiger partial charge is 0.349 e. The Morgan fingerprint density at radius 1 is 1.04 bits per heavy atom. The highest BCUT2D eigenvalue weighted by atomic mass is 16.2. The number of Topliss-reactive ketones (excluding diaryl/α,β-unsaturated/α-hetero) is 1.